The smallest absolute Gasteiger partial charge is 0.221 e. The fourth-order valence-electron chi connectivity index (χ4n) is 1.78. The van der Waals surface area contributed by atoms with Gasteiger partial charge in [0.1, 0.15) is 5.82 Å². The van der Waals surface area contributed by atoms with E-state index < -0.39 is 0 Å². The van der Waals surface area contributed by atoms with Gasteiger partial charge in [-0.2, -0.15) is 4.98 Å². The van der Waals surface area contributed by atoms with Gasteiger partial charge < -0.3 is 11.1 Å². The minimum atomic E-state index is 0.330. The van der Waals surface area contributed by atoms with Gasteiger partial charge in [-0.3, -0.25) is 0 Å². The first-order chi connectivity index (χ1) is 8.13. The van der Waals surface area contributed by atoms with Gasteiger partial charge in [0.2, 0.25) is 5.95 Å². The summed E-state index contributed by atoms with van der Waals surface area (Å²) in [6.07, 6.45) is 8.11. The molecule has 1 heterocycles. The SMILES string of the molecule is CCCCCCC(C)Nc1nc(N)ncc1C. The van der Waals surface area contributed by atoms with Gasteiger partial charge in [0.15, 0.2) is 0 Å². The van der Waals surface area contributed by atoms with E-state index in [0.29, 0.717) is 12.0 Å². The molecule has 17 heavy (non-hydrogen) atoms. The summed E-state index contributed by atoms with van der Waals surface area (Å²) in [6, 6.07) is 0.430. The molecule has 1 unspecified atom stereocenters. The van der Waals surface area contributed by atoms with Crippen molar-refractivity contribution in [1.29, 1.82) is 0 Å². The van der Waals surface area contributed by atoms with E-state index in [2.05, 4.69) is 29.1 Å². The van der Waals surface area contributed by atoms with E-state index in [1.165, 1.54) is 32.1 Å². The summed E-state index contributed by atoms with van der Waals surface area (Å²) >= 11 is 0. The van der Waals surface area contributed by atoms with E-state index in [1.807, 2.05) is 6.92 Å². The summed E-state index contributed by atoms with van der Waals surface area (Å²) in [5.74, 6) is 1.19. The summed E-state index contributed by atoms with van der Waals surface area (Å²) in [5, 5.41) is 3.40. The van der Waals surface area contributed by atoms with Gasteiger partial charge in [-0.05, 0) is 20.3 Å². The van der Waals surface area contributed by atoms with Crippen molar-refractivity contribution in [3.05, 3.63) is 11.8 Å². The van der Waals surface area contributed by atoms with Crippen molar-refractivity contribution in [2.75, 3.05) is 11.1 Å². The van der Waals surface area contributed by atoms with Crippen molar-refractivity contribution >= 4 is 11.8 Å². The summed E-state index contributed by atoms with van der Waals surface area (Å²) in [5.41, 5.74) is 6.62. The van der Waals surface area contributed by atoms with Crippen LogP contribution in [0.15, 0.2) is 6.20 Å². The molecule has 0 aliphatic heterocycles. The maximum Gasteiger partial charge on any atom is 0.221 e. The second kappa shape index (κ2) is 7.09. The van der Waals surface area contributed by atoms with Crippen LogP contribution in [0, 0.1) is 6.92 Å². The van der Waals surface area contributed by atoms with Crippen molar-refractivity contribution in [3.8, 4) is 0 Å². The third-order valence-electron chi connectivity index (χ3n) is 2.86. The molecule has 4 heteroatoms. The molecule has 0 radical (unpaired) electrons. The van der Waals surface area contributed by atoms with Crippen LogP contribution in [-0.4, -0.2) is 16.0 Å². The quantitative estimate of drug-likeness (QED) is 0.714. The van der Waals surface area contributed by atoms with E-state index in [4.69, 9.17) is 5.73 Å². The molecule has 96 valence electrons. The molecule has 4 nitrogen and oxygen atoms in total. The monoisotopic (exact) mass is 236 g/mol. The Labute approximate surface area is 104 Å². The van der Waals surface area contributed by atoms with E-state index in [0.717, 1.165) is 11.4 Å². The molecule has 0 saturated carbocycles. The standard InChI is InChI=1S/C13H24N4/c1-4-5-6-7-8-11(3)16-12-10(2)9-15-13(14)17-12/h9,11H,4-8H2,1-3H3,(H3,14,15,16,17). The average Bonchev–Trinajstić information content (AvgIpc) is 2.29. The third kappa shape index (κ3) is 5.02. The van der Waals surface area contributed by atoms with Crippen molar-refractivity contribution in [2.24, 2.45) is 0 Å². The Kier molecular flexibility index (Phi) is 5.73. The highest BCUT2D eigenvalue weighted by atomic mass is 15.1. The summed E-state index contributed by atoms with van der Waals surface area (Å²) in [7, 11) is 0. The molecule has 0 aliphatic carbocycles. The Balaban J connectivity index is 2.39. The number of hydrogen-bond acceptors (Lipinski definition) is 4. The molecule has 0 aliphatic rings. The van der Waals surface area contributed by atoms with Crippen molar-refractivity contribution in [1.82, 2.24) is 9.97 Å². The van der Waals surface area contributed by atoms with E-state index in [1.54, 1.807) is 6.20 Å². The highest BCUT2D eigenvalue weighted by molar-refractivity contribution is 5.45. The van der Waals surface area contributed by atoms with Crippen LogP contribution in [0.1, 0.15) is 51.5 Å². The Morgan fingerprint density at radius 2 is 2.12 bits per heavy atom. The molecular formula is C13H24N4. The van der Waals surface area contributed by atoms with Crippen LogP contribution in [0.25, 0.3) is 0 Å². The fourth-order valence-corrected chi connectivity index (χ4v) is 1.78. The predicted octanol–water partition coefficient (Wildman–Crippen LogP) is 3.14. The summed E-state index contributed by atoms with van der Waals surface area (Å²) in [6.45, 7) is 6.41. The predicted molar refractivity (Wildman–Crippen MR) is 73.0 cm³/mol. The summed E-state index contributed by atoms with van der Waals surface area (Å²) in [4.78, 5) is 8.17. The lowest BCUT2D eigenvalue weighted by molar-refractivity contribution is 0.592. The zero-order valence-corrected chi connectivity index (χ0v) is 11.2. The van der Waals surface area contributed by atoms with Gasteiger partial charge >= 0.3 is 0 Å². The lowest BCUT2D eigenvalue weighted by atomic mass is 10.1. The molecular weight excluding hydrogens is 212 g/mol. The fraction of sp³-hybridized carbons (Fsp3) is 0.692. The maximum atomic E-state index is 5.58. The molecule has 0 amide bonds. The van der Waals surface area contributed by atoms with Crippen LogP contribution in [0.5, 0.6) is 0 Å². The number of nitrogens with two attached hydrogens (primary N) is 1. The zero-order valence-electron chi connectivity index (χ0n) is 11.2. The topological polar surface area (TPSA) is 63.8 Å². The second-order valence-corrected chi connectivity index (χ2v) is 4.65. The molecule has 0 saturated heterocycles. The van der Waals surface area contributed by atoms with Crippen molar-refractivity contribution in [3.63, 3.8) is 0 Å². The molecule has 1 aromatic rings. The number of aromatic nitrogens is 2. The number of hydrogen-bond donors (Lipinski definition) is 2. The second-order valence-electron chi connectivity index (χ2n) is 4.65. The largest absolute Gasteiger partial charge is 0.368 e. The number of aryl methyl sites for hydroxylation is 1. The van der Waals surface area contributed by atoms with Crippen molar-refractivity contribution in [2.45, 2.75) is 58.9 Å². The van der Waals surface area contributed by atoms with Gasteiger partial charge in [-0.1, -0.05) is 32.6 Å². The molecule has 3 N–H and O–H groups in total. The molecule has 0 spiro atoms. The minimum absolute atomic E-state index is 0.330. The first-order valence-corrected chi connectivity index (χ1v) is 6.49. The Hall–Kier alpha value is -1.32. The molecule has 1 aromatic heterocycles. The first kappa shape index (κ1) is 13.7. The van der Waals surface area contributed by atoms with Gasteiger partial charge in [0, 0.05) is 17.8 Å². The van der Waals surface area contributed by atoms with Gasteiger partial charge in [0.05, 0.1) is 0 Å². The maximum absolute atomic E-state index is 5.58. The zero-order chi connectivity index (χ0) is 12.7. The van der Waals surface area contributed by atoms with E-state index in [-0.39, 0.29) is 0 Å². The van der Waals surface area contributed by atoms with Crippen LogP contribution in [-0.2, 0) is 0 Å². The highest BCUT2D eigenvalue weighted by Gasteiger charge is 2.06. The molecule has 1 rings (SSSR count). The van der Waals surface area contributed by atoms with Gasteiger partial charge in [-0.25, -0.2) is 4.98 Å². The van der Waals surface area contributed by atoms with Crippen LogP contribution in [0.3, 0.4) is 0 Å². The lowest BCUT2D eigenvalue weighted by Gasteiger charge is -2.15. The van der Waals surface area contributed by atoms with Crippen LogP contribution >= 0.6 is 0 Å². The molecule has 0 aromatic carbocycles. The number of nitrogen functional groups attached to an aromatic ring is 1. The number of rotatable bonds is 7. The van der Waals surface area contributed by atoms with Crippen LogP contribution in [0.4, 0.5) is 11.8 Å². The Morgan fingerprint density at radius 3 is 2.82 bits per heavy atom. The number of nitrogens with zero attached hydrogens (tertiary/aromatic N) is 2. The van der Waals surface area contributed by atoms with Gasteiger partial charge in [-0.15, -0.1) is 0 Å². The average molecular weight is 236 g/mol. The van der Waals surface area contributed by atoms with Crippen LogP contribution in [0.2, 0.25) is 0 Å². The number of anilines is 2. The number of nitrogens with one attached hydrogen (secondary N) is 1. The summed E-state index contributed by atoms with van der Waals surface area (Å²) < 4.78 is 0. The normalized spacial score (nSPS) is 12.4. The van der Waals surface area contributed by atoms with Crippen LogP contribution < -0.4 is 11.1 Å². The van der Waals surface area contributed by atoms with Crippen molar-refractivity contribution < 1.29 is 0 Å². The number of unbranched alkanes of at least 4 members (excludes halogenated alkanes) is 3. The first-order valence-electron chi connectivity index (χ1n) is 6.49. The Bertz CT molecular complexity index is 338. The molecule has 1 atom stereocenters. The van der Waals surface area contributed by atoms with Gasteiger partial charge in [0.25, 0.3) is 0 Å². The van der Waals surface area contributed by atoms with E-state index >= 15 is 0 Å². The lowest BCUT2D eigenvalue weighted by Crippen LogP contribution is -2.17. The molecule has 0 bridgehead atoms. The third-order valence-corrected chi connectivity index (χ3v) is 2.86. The minimum Gasteiger partial charge on any atom is -0.368 e. The Morgan fingerprint density at radius 1 is 1.35 bits per heavy atom. The molecule has 0 fully saturated rings. The highest BCUT2D eigenvalue weighted by Crippen LogP contribution is 2.14. The van der Waals surface area contributed by atoms with E-state index in [9.17, 15) is 0 Å².